The highest BCUT2D eigenvalue weighted by molar-refractivity contribution is 8.04. The molecule has 0 spiro atoms. The third-order valence-electron chi connectivity index (χ3n) is 6.23. The predicted octanol–water partition coefficient (Wildman–Crippen LogP) is 6.47. The second-order valence-corrected chi connectivity index (χ2v) is 9.98. The van der Waals surface area contributed by atoms with Gasteiger partial charge in [0.15, 0.2) is 0 Å². The quantitative estimate of drug-likeness (QED) is 0.261. The van der Waals surface area contributed by atoms with E-state index in [2.05, 4.69) is 12.2 Å². The van der Waals surface area contributed by atoms with Gasteiger partial charge in [0, 0.05) is 17.5 Å². The van der Waals surface area contributed by atoms with E-state index in [-0.39, 0.29) is 17.9 Å². The molecule has 3 aromatic carbocycles. The zero-order valence-corrected chi connectivity index (χ0v) is 22.4. The lowest BCUT2D eigenvalue weighted by atomic mass is 10.1. The SMILES string of the molecule is CCCCOc1ccc(C(C)NC(=O)c2ccc3c(c2)N(C)C(=O)/C(=C\c2ccc(OC)cc2)S3)cc1. The fourth-order valence-corrected chi connectivity index (χ4v) is 5.03. The molecule has 0 aliphatic carbocycles. The van der Waals surface area contributed by atoms with Gasteiger partial charge in [0.05, 0.1) is 30.4 Å². The van der Waals surface area contributed by atoms with Crippen LogP contribution in [0.1, 0.15) is 54.2 Å². The third-order valence-corrected chi connectivity index (χ3v) is 7.30. The van der Waals surface area contributed by atoms with E-state index in [1.54, 1.807) is 31.2 Å². The van der Waals surface area contributed by atoms with Crippen molar-refractivity contribution >= 4 is 35.3 Å². The number of rotatable bonds is 9. The Labute approximate surface area is 222 Å². The number of amides is 2. The van der Waals surface area contributed by atoms with Crippen LogP contribution in [0.2, 0.25) is 0 Å². The second kappa shape index (κ2) is 12.0. The maximum atomic E-state index is 13.1. The zero-order chi connectivity index (χ0) is 26.4. The van der Waals surface area contributed by atoms with E-state index >= 15 is 0 Å². The molecule has 0 radical (unpaired) electrons. The Kier molecular flexibility index (Phi) is 8.56. The summed E-state index contributed by atoms with van der Waals surface area (Å²) in [5, 5.41) is 3.06. The minimum Gasteiger partial charge on any atom is -0.497 e. The number of carbonyl (C=O) groups excluding carboxylic acids is 2. The molecular weight excluding hydrogens is 484 g/mol. The normalized spacial score (nSPS) is 14.8. The summed E-state index contributed by atoms with van der Waals surface area (Å²) in [5.74, 6) is 1.29. The molecule has 192 valence electrons. The molecule has 1 aliphatic heterocycles. The Bertz CT molecular complexity index is 1290. The molecule has 3 aromatic rings. The molecule has 0 bridgehead atoms. The standard InChI is InChI=1S/C30H32N2O4S/c1-5-6-17-36-25-14-9-22(10-15-25)20(2)31-29(33)23-11-16-27-26(19-23)32(3)30(34)28(37-27)18-21-7-12-24(35-4)13-8-21/h7-16,18-20H,5-6,17H2,1-4H3,(H,31,33)/b28-18+. The van der Waals surface area contributed by atoms with Crippen molar-refractivity contribution in [1.82, 2.24) is 5.32 Å². The van der Waals surface area contributed by atoms with Gasteiger partial charge >= 0.3 is 0 Å². The average molecular weight is 517 g/mol. The number of fused-ring (bicyclic) bond motifs is 1. The van der Waals surface area contributed by atoms with Gasteiger partial charge in [-0.3, -0.25) is 9.59 Å². The molecule has 0 saturated carbocycles. The van der Waals surface area contributed by atoms with Crippen LogP contribution in [0.4, 0.5) is 5.69 Å². The van der Waals surface area contributed by atoms with Crippen LogP contribution in [-0.2, 0) is 4.79 Å². The number of nitrogens with zero attached hydrogens (tertiary/aromatic N) is 1. The number of methoxy groups -OCH3 is 1. The highest BCUT2D eigenvalue weighted by atomic mass is 32.2. The van der Waals surface area contributed by atoms with Crippen LogP contribution in [0.3, 0.4) is 0 Å². The summed E-state index contributed by atoms with van der Waals surface area (Å²) in [6.07, 6.45) is 3.98. The molecular formula is C30H32N2O4S. The van der Waals surface area contributed by atoms with Gasteiger partial charge in [0.1, 0.15) is 11.5 Å². The van der Waals surface area contributed by atoms with Gasteiger partial charge in [-0.2, -0.15) is 0 Å². The number of ether oxygens (including phenoxy) is 2. The predicted molar refractivity (Wildman–Crippen MR) is 149 cm³/mol. The van der Waals surface area contributed by atoms with Gasteiger partial charge in [-0.25, -0.2) is 0 Å². The number of hydrogen-bond donors (Lipinski definition) is 1. The Morgan fingerprint density at radius 1 is 1.05 bits per heavy atom. The van der Waals surface area contributed by atoms with Crippen LogP contribution >= 0.6 is 11.8 Å². The van der Waals surface area contributed by atoms with E-state index in [1.165, 1.54) is 11.8 Å². The molecule has 0 saturated heterocycles. The van der Waals surface area contributed by atoms with Crippen LogP contribution < -0.4 is 19.7 Å². The molecule has 4 rings (SSSR count). The Morgan fingerprint density at radius 2 is 1.76 bits per heavy atom. The summed E-state index contributed by atoms with van der Waals surface area (Å²) < 4.78 is 10.9. The topological polar surface area (TPSA) is 67.9 Å². The highest BCUT2D eigenvalue weighted by Crippen LogP contribution is 2.42. The average Bonchev–Trinajstić information content (AvgIpc) is 2.92. The number of nitrogens with one attached hydrogen (secondary N) is 1. The van der Waals surface area contributed by atoms with E-state index in [9.17, 15) is 9.59 Å². The molecule has 0 fully saturated rings. The van der Waals surface area contributed by atoms with Crippen molar-refractivity contribution in [1.29, 1.82) is 0 Å². The summed E-state index contributed by atoms with van der Waals surface area (Å²) in [6, 6.07) is 20.7. The summed E-state index contributed by atoms with van der Waals surface area (Å²) >= 11 is 1.41. The molecule has 1 N–H and O–H groups in total. The van der Waals surface area contributed by atoms with Crippen molar-refractivity contribution in [2.45, 2.75) is 37.6 Å². The van der Waals surface area contributed by atoms with Gasteiger partial charge in [-0.1, -0.05) is 49.4 Å². The minimum absolute atomic E-state index is 0.111. The van der Waals surface area contributed by atoms with Crippen molar-refractivity contribution in [2.75, 3.05) is 25.7 Å². The Morgan fingerprint density at radius 3 is 2.43 bits per heavy atom. The second-order valence-electron chi connectivity index (χ2n) is 8.90. The van der Waals surface area contributed by atoms with Crippen LogP contribution in [0, 0.1) is 0 Å². The largest absolute Gasteiger partial charge is 0.497 e. The number of hydrogen-bond acceptors (Lipinski definition) is 5. The summed E-state index contributed by atoms with van der Waals surface area (Å²) in [4.78, 5) is 29.2. The van der Waals surface area contributed by atoms with Gasteiger partial charge < -0.3 is 19.7 Å². The fourth-order valence-electron chi connectivity index (χ4n) is 3.94. The van der Waals surface area contributed by atoms with E-state index in [0.717, 1.165) is 46.1 Å². The van der Waals surface area contributed by atoms with Crippen molar-refractivity contribution in [3.63, 3.8) is 0 Å². The van der Waals surface area contributed by atoms with Crippen molar-refractivity contribution in [2.24, 2.45) is 0 Å². The molecule has 37 heavy (non-hydrogen) atoms. The monoisotopic (exact) mass is 516 g/mol. The number of anilines is 1. The van der Waals surface area contributed by atoms with Crippen molar-refractivity contribution < 1.29 is 19.1 Å². The number of unbranched alkanes of at least 4 members (excludes halogenated alkanes) is 1. The maximum absolute atomic E-state index is 13.1. The molecule has 0 aromatic heterocycles. The number of thioether (sulfide) groups is 1. The first kappa shape index (κ1) is 26.4. The summed E-state index contributed by atoms with van der Waals surface area (Å²) in [6.45, 7) is 4.78. The zero-order valence-electron chi connectivity index (χ0n) is 21.6. The van der Waals surface area contributed by atoms with Gasteiger partial charge in [-0.15, -0.1) is 0 Å². The van der Waals surface area contributed by atoms with Crippen molar-refractivity contribution in [3.8, 4) is 11.5 Å². The van der Waals surface area contributed by atoms with Crippen LogP contribution in [-0.4, -0.2) is 32.6 Å². The first-order valence-corrected chi connectivity index (χ1v) is 13.2. The molecule has 1 atom stereocenters. The lowest BCUT2D eigenvalue weighted by Crippen LogP contribution is -2.31. The van der Waals surface area contributed by atoms with Crippen LogP contribution in [0.15, 0.2) is 76.5 Å². The fraction of sp³-hybridized carbons (Fsp3) is 0.267. The van der Waals surface area contributed by atoms with Gasteiger partial charge in [-0.05, 0) is 73.0 Å². The van der Waals surface area contributed by atoms with Gasteiger partial charge in [0.2, 0.25) is 0 Å². The van der Waals surface area contributed by atoms with Crippen molar-refractivity contribution in [3.05, 3.63) is 88.3 Å². The molecule has 1 aliphatic rings. The maximum Gasteiger partial charge on any atom is 0.264 e. The van der Waals surface area contributed by atoms with E-state index in [4.69, 9.17) is 9.47 Å². The first-order chi connectivity index (χ1) is 17.9. The number of carbonyl (C=O) groups is 2. The van der Waals surface area contributed by atoms with E-state index in [1.807, 2.05) is 67.6 Å². The molecule has 7 heteroatoms. The lowest BCUT2D eigenvalue weighted by Gasteiger charge is -2.27. The number of likely N-dealkylation sites (N-methyl/N-ethyl adjacent to an activating group) is 1. The van der Waals surface area contributed by atoms with Crippen LogP contribution in [0.5, 0.6) is 11.5 Å². The Balaban J connectivity index is 1.44. The smallest absolute Gasteiger partial charge is 0.264 e. The Hall–Kier alpha value is -3.71. The minimum atomic E-state index is -0.191. The first-order valence-electron chi connectivity index (χ1n) is 12.4. The van der Waals surface area contributed by atoms with Crippen LogP contribution in [0.25, 0.3) is 6.08 Å². The molecule has 1 heterocycles. The molecule has 1 unspecified atom stereocenters. The summed E-state index contributed by atoms with van der Waals surface area (Å²) in [5.41, 5.74) is 3.13. The highest BCUT2D eigenvalue weighted by Gasteiger charge is 2.27. The molecule has 6 nitrogen and oxygen atoms in total. The summed E-state index contributed by atoms with van der Waals surface area (Å²) in [7, 11) is 3.36. The van der Waals surface area contributed by atoms with E-state index in [0.29, 0.717) is 17.1 Å². The number of benzene rings is 3. The van der Waals surface area contributed by atoms with E-state index < -0.39 is 0 Å². The van der Waals surface area contributed by atoms with Gasteiger partial charge in [0.25, 0.3) is 11.8 Å². The molecule has 2 amide bonds. The lowest BCUT2D eigenvalue weighted by molar-refractivity contribution is -0.114. The third kappa shape index (κ3) is 6.35.